The Kier molecular flexibility index (Phi) is 3.00. The van der Waals surface area contributed by atoms with E-state index in [1.165, 1.54) is 25.7 Å². The molecule has 2 aliphatic rings. The molecule has 3 unspecified atom stereocenters. The Morgan fingerprint density at radius 3 is 2.65 bits per heavy atom. The van der Waals surface area contributed by atoms with E-state index in [9.17, 15) is 0 Å². The second-order valence-electron chi connectivity index (χ2n) is 5.36. The van der Waals surface area contributed by atoms with Crippen LogP contribution in [0.15, 0.2) is 0 Å². The van der Waals surface area contributed by atoms with Crippen LogP contribution in [0.4, 0.5) is 5.82 Å². The summed E-state index contributed by atoms with van der Waals surface area (Å²) >= 11 is 2.32. The first-order valence-corrected chi connectivity index (χ1v) is 7.48. The topological polar surface area (TPSA) is 37.8 Å². The normalized spacial score (nSPS) is 30.9. The SMILES string of the molecule is CNc1nc(C2CC3CCC2C3)nc(C)c1I. The zero-order chi connectivity index (χ0) is 12.0. The zero-order valence-corrected chi connectivity index (χ0v) is 12.5. The molecule has 0 saturated heterocycles. The summed E-state index contributed by atoms with van der Waals surface area (Å²) in [5.74, 6) is 4.50. The molecular weight excluding hydrogens is 325 g/mol. The van der Waals surface area contributed by atoms with Gasteiger partial charge in [0.25, 0.3) is 0 Å². The average molecular weight is 343 g/mol. The van der Waals surface area contributed by atoms with Gasteiger partial charge in [0.2, 0.25) is 0 Å². The van der Waals surface area contributed by atoms with Gasteiger partial charge in [-0.25, -0.2) is 9.97 Å². The molecule has 0 aromatic carbocycles. The predicted octanol–water partition coefficient (Wildman–Crippen LogP) is 3.33. The third kappa shape index (κ3) is 1.94. The Bertz CT molecular complexity index is 447. The first-order valence-electron chi connectivity index (χ1n) is 6.40. The van der Waals surface area contributed by atoms with Crippen molar-refractivity contribution in [2.24, 2.45) is 11.8 Å². The van der Waals surface area contributed by atoms with Crippen molar-refractivity contribution in [3.63, 3.8) is 0 Å². The van der Waals surface area contributed by atoms with E-state index in [0.717, 1.165) is 32.7 Å². The molecule has 1 N–H and O–H groups in total. The van der Waals surface area contributed by atoms with Gasteiger partial charge >= 0.3 is 0 Å². The summed E-state index contributed by atoms with van der Waals surface area (Å²) in [7, 11) is 1.94. The first-order chi connectivity index (χ1) is 8.19. The zero-order valence-electron chi connectivity index (χ0n) is 10.3. The van der Waals surface area contributed by atoms with Gasteiger partial charge in [-0.1, -0.05) is 6.42 Å². The number of nitrogens with one attached hydrogen (secondary N) is 1. The molecular formula is C13H18IN3. The third-order valence-electron chi connectivity index (χ3n) is 4.34. The molecule has 3 atom stereocenters. The smallest absolute Gasteiger partial charge is 0.143 e. The number of aryl methyl sites for hydroxylation is 1. The van der Waals surface area contributed by atoms with Crippen LogP contribution in [0.25, 0.3) is 0 Å². The molecule has 1 aromatic rings. The number of halogens is 1. The Labute approximate surface area is 116 Å². The van der Waals surface area contributed by atoms with Crippen molar-refractivity contribution in [3.05, 3.63) is 15.1 Å². The summed E-state index contributed by atoms with van der Waals surface area (Å²) in [6.07, 6.45) is 5.55. The standard InChI is InChI=1S/C13H18IN3/c1-7-11(14)13(15-2)17-12(16-7)10-6-8-3-4-9(10)5-8/h8-10H,3-6H2,1-2H3,(H,15,16,17). The van der Waals surface area contributed by atoms with Gasteiger partial charge < -0.3 is 5.32 Å². The van der Waals surface area contributed by atoms with Crippen LogP contribution in [-0.2, 0) is 0 Å². The van der Waals surface area contributed by atoms with Crippen LogP contribution in [0.2, 0.25) is 0 Å². The summed E-state index contributed by atoms with van der Waals surface area (Å²) in [5.41, 5.74) is 1.11. The Morgan fingerprint density at radius 2 is 2.06 bits per heavy atom. The highest BCUT2D eigenvalue weighted by Gasteiger charge is 2.41. The lowest BCUT2D eigenvalue weighted by Gasteiger charge is -2.21. The highest BCUT2D eigenvalue weighted by molar-refractivity contribution is 14.1. The number of hydrogen-bond acceptors (Lipinski definition) is 3. The highest BCUT2D eigenvalue weighted by atomic mass is 127. The minimum Gasteiger partial charge on any atom is -0.372 e. The quantitative estimate of drug-likeness (QED) is 0.837. The summed E-state index contributed by atoms with van der Waals surface area (Å²) in [6.45, 7) is 2.08. The molecule has 92 valence electrons. The molecule has 3 rings (SSSR count). The average Bonchev–Trinajstić information content (AvgIpc) is 2.94. The van der Waals surface area contributed by atoms with E-state index in [1.54, 1.807) is 0 Å². The maximum Gasteiger partial charge on any atom is 0.143 e. The fraction of sp³-hybridized carbons (Fsp3) is 0.692. The highest BCUT2D eigenvalue weighted by Crippen LogP contribution is 2.52. The van der Waals surface area contributed by atoms with Gasteiger partial charge in [0.05, 0.1) is 9.26 Å². The van der Waals surface area contributed by atoms with Crippen molar-refractivity contribution in [3.8, 4) is 0 Å². The van der Waals surface area contributed by atoms with Crippen LogP contribution in [0.3, 0.4) is 0 Å². The second kappa shape index (κ2) is 4.37. The molecule has 0 amide bonds. The van der Waals surface area contributed by atoms with E-state index in [4.69, 9.17) is 9.97 Å². The maximum atomic E-state index is 4.72. The third-order valence-corrected chi connectivity index (χ3v) is 5.63. The molecule has 1 aromatic heterocycles. The van der Waals surface area contributed by atoms with E-state index in [0.29, 0.717) is 5.92 Å². The van der Waals surface area contributed by atoms with Gasteiger partial charge in [-0.05, 0) is 60.6 Å². The number of aromatic nitrogens is 2. The van der Waals surface area contributed by atoms with E-state index in [2.05, 4.69) is 34.8 Å². The minimum atomic E-state index is 0.622. The molecule has 0 aliphatic heterocycles. The van der Waals surface area contributed by atoms with Crippen molar-refractivity contribution in [1.29, 1.82) is 0 Å². The predicted molar refractivity (Wildman–Crippen MR) is 77.2 cm³/mol. The van der Waals surface area contributed by atoms with E-state index >= 15 is 0 Å². The van der Waals surface area contributed by atoms with Gasteiger partial charge in [-0.15, -0.1) is 0 Å². The van der Waals surface area contributed by atoms with Crippen LogP contribution >= 0.6 is 22.6 Å². The lowest BCUT2D eigenvalue weighted by Crippen LogP contribution is -2.14. The minimum absolute atomic E-state index is 0.622. The van der Waals surface area contributed by atoms with E-state index < -0.39 is 0 Å². The van der Waals surface area contributed by atoms with Gasteiger partial charge in [-0.2, -0.15) is 0 Å². The second-order valence-corrected chi connectivity index (χ2v) is 6.44. The first kappa shape index (κ1) is 11.7. The van der Waals surface area contributed by atoms with E-state index in [1.807, 2.05) is 7.05 Å². The Hall–Kier alpha value is -0.390. The Morgan fingerprint density at radius 1 is 1.24 bits per heavy atom. The summed E-state index contributed by atoms with van der Waals surface area (Å²) in [4.78, 5) is 9.45. The van der Waals surface area contributed by atoms with Gasteiger partial charge in [0, 0.05) is 13.0 Å². The van der Waals surface area contributed by atoms with Crippen molar-refractivity contribution < 1.29 is 0 Å². The fourth-order valence-electron chi connectivity index (χ4n) is 3.47. The van der Waals surface area contributed by atoms with Crippen LogP contribution in [0.1, 0.15) is 43.1 Å². The largest absolute Gasteiger partial charge is 0.372 e. The van der Waals surface area contributed by atoms with Crippen molar-refractivity contribution in [2.45, 2.75) is 38.5 Å². The monoisotopic (exact) mass is 343 g/mol. The molecule has 2 fully saturated rings. The van der Waals surface area contributed by atoms with Gasteiger partial charge in [0.15, 0.2) is 0 Å². The molecule has 2 aliphatic carbocycles. The summed E-state index contributed by atoms with van der Waals surface area (Å²) < 4.78 is 1.15. The number of anilines is 1. The van der Waals surface area contributed by atoms with Crippen molar-refractivity contribution in [1.82, 2.24) is 9.97 Å². The molecule has 3 nitrogen and oxygen atoms in total. The van der Waals surface area contributed by atoms with Crippen LogP contribution in [0, 0.1) is 22.3 Å². The van der Waals surface area contributed by atoms with Crippen molar-refractivity contribution in [2.75, 3.05) is 12.4 Å². The fourth-order valence-corrected chi connectivity index (χ4v) is 3.98. The van der Waals surface area contributed by atoms with Gasteiger partial charge in [0.1, 0.15) is 11.6 Å². The summed E-state index contributed by atoms with van der Waals surface area (Å²) in [6, 6.07) is 0. The number of nitrogens with zero attached hydrogens (tertiary/aromatic N) is 2. The molecule has 17 heavy (non-hydrogen) atoms. The van der Waals surface area contributed by atoms with Crippen LogP contribution in [0.5, 0.6) is 0 Å². The van der Waals surface area contributed by atoms with Gasteiger partial charge in [-0.3, -0.25) is 0 Å². The molecule has 2 bridgehead atoms. The molecule has 2 saturated carbocycles. The van der Waals surface area contributed by atoms with Crippen molar-refractivity contribution >= 4 is 28.4 Å². The molecule has 1 heterocycles. The Balaban J connectivity index is 1.95. The number of rotatable bonds is 2. The number of hydrogen-bond donors (Lipinski definition) is 1. The lowest BCUT2D eigenvalue weighted by molar-refractivity contribution is 0.405. The van der Waals surface area contributed by atoms with E-state index in [-0.39, 0.29) is 0 Å². The molecule has 0 radical (unpaired) electrons. The molecule has 4 heteroatoms. The number of fused-ring (bicyclic) bond motifs is 2. The molecule has 0 spiro atoms. The summed E-state index contributed by atoms with van der Waals surface area (Å²) in [5, 5.41) is 3.19. The van der Waals surface area contributed by atoms with Crippen LogP contribution in [-0.4, -0.2) is 17.0 Å². The maximum absolute atomic E-state index is 4.72. The van der Waals surface area contributed by atoms with Crippen LogP contribution < -0.4 is 5.32 Å². The lowest BCUT2D eigenvalue weighted by atomic mass is 9.88.